The first kappa shape index (κ1) is 8.40. The van der Waals surface area contributed by atoms with Gasteiger partial charge in [0.15, 0.2) is 0 Å². The first-order valence-corrected chi connectivity index (χ1v) is 4.76. The van der Waals surface area contributed by atoms with Gasteiger partial charge in [-0.3, -0.25) is 4.79 Å². The summed E-state index contributed by atoms with van der Waals surface area (Å²) in [6.07, 6.45) is 0.392. The second-order valence-corrected chi connectivity index (χ2v) is 3.52. The molecule has 5 heteroatoms. The van der Waals surface area contributed by atoms with Crippen molar-refractivity contribution in [2.45, 2.75) is 6.42 Å². The molecule has 0 spiro atoms. The minimum absolute atomic E-state index is 0.000177. The second kappa shape index (κ2) is 3.27. The molecule has 0 aromatic carbocycles. The summed E-state index contributed by atoms with van der Waals surface area (Å²) in [6, 6.07) is 1.74. The zero-order chi connectivity index (χ0) is 9.26. The van der Waals surface area contributed by atoms with E-state index in [1.54, 1.807) is 6.07 Å². The lowest BCUT2D eigenvalue weighted by atomic mass is 10.4. The van der Waals surface area contributed by atoms with Crippen molar-refractivity contribution in [3.8, 4) is 0 Å². The van der Waals surface area contributed by atoms with E-state index in [-0.39, 0.29) is 12.2 Å². The molecule has 0 saturated heterocycles. The molecular formula is C8H8N2O2S. The molecule has 2 rings (SSSR count). The summed E-state index contributed by atoms with van der Waals surface area (Å²) in [6.45, 7) is -0.000177. The Balaban J connectivity index is 2.63. The third-order valence-electron chi connectivity index (χ3n) is 1.73. The monoisotopic (exact) mass is 196 g/mol. The lowest BCUT2D eigenvalue weighted by molar-refractivity contribution is 0.296. The molecule has 0 aliphatic rings. The van der Waals surface area contributed by atoms with Gasteiger partial charge in [-0.15, -0.1) is 11.3 Å². The van der Waals surface area contributed by atoms with Gasteiger partial charge in [0, 0.05) is 6.42 Å². The van der Waals surface area contributed by atoms with E-state index in [1.807, 2.05) is 5.38 Å². The van der Waals surface area contributed by atoms with Gasteiger partial charge < -0.3 is 10.1 Å². The highest BCUT2D eigenvalue weighted by Gasteiger charge is 2.03. The Morgan fingerprint density at radius 1 is 1.62 bits per heavy atom. The van der Waals surface area contributed by atoms with Gasteiger partial charge >= 0.3 is 0 Å². The lowest BCUT2D eigenvalue weighted by Crippen LogP contribution is -2.11. The summed E-state index contributed by atoms with van der Waals surface area (Å²) >= 11 is 1.43. The highest BCUT2D eigenvalue weighted by atomic mass is 32.1. The number of fused-ring (bicyclic) bond motifs is 1. The maximum Gasteiger partial charge on any atom is 0.259 e. The van der Waals surface area contributed by atoms with E-state index in [0.717, 1.165) is 4.83 Å². The number of aliphatic hydroxyl groups excluding tert-OH is 1. The van der Waals surface area contributed by atoms with E-state index in [2.05, 4.69) is 9.97 Å². The number of aliphatic hydroxyl groups is 1. The van der Waals surface area contributed by atoms with Crippen LogP contribution in [-0.4, -0.2) is 21.7 Å². The Morgan fingerprint density at radius 2 is 2.46 bits per heavy atom. The van der Waals surface area contributed by atoms with E-state index in [1.165, 1.54) is 11.3 Å². The summed E-state index contributed by atoms with van der Waals surface area (Å²) in [5, 5.41) is 11.1. The molecule has 0 fully saturated rings. The molecule has 2 aromatic heterocycles. The van der Waals surface area contributed by atoms with Crippen molar-refractivity contribution in [2.75, 3.05) is 6.61 Å². The van der Waals surface area contributed by atoms with Crippen LogP contribution in [0.15, 0.2) is 16.2 Å². The molecule has 0 unspecified atom stereocenters. The number of hydrogen-bond donors (Lipinski definition) is 2. The molecule has 4 nitrogen and oxygen atoms in total. The van der Waals surface area contributed by atoms with Crippen LogP contribution in [0.1, 0.15) is 5.82 Å². The summed E-state index contributed by atoms with van der Waals surface area (Å²) < 4.78 is 0. The van der Waals surface area contributed by atoms with E-state index >= 15 is 0 Å². The van der Waals surface area contributed by atoms with E-state index in [9.17, 15) is 4.79 Å². The van der Waals surface area contributed by atoms with Crippen LogP contribution in [0.5, 0.6) is 0 Å². The van der Waals surface area contributed by atoms with Gasteiger partial charge in [-0.2, -0.15) is 0 Å². The van der Waals surface area contributed by atoms with Crippen LogP contribution in [0.2, 0.25) is 0 Å². The number of aromatic amines is 1. The first-order chi connectivity index (χ1) is 6.31. The molecule has 13 heavy (non-hydrogen) atoms. The van der Waals surface area contributed by atoms with E-state index in [4.69, 9.17) is 5.11 Å². The van der Waals surface area contributed by atoms with Crippen LogP contribution in [0.3, 0.4) is 0 Å². The SMILES string of the molecule is O=c1[nH]c(CCO)nc2sccc12. The fraction of sp³-hybridized carbons (Fsp3) is 0.250. The topological polar surface area (TPSA) is 66.0 Å². The average molecular weight is 196 g/mol. The van der Waals surface area contributed by atoms with Crippen molar-refractivity contribution in [2.24, 2.45) is 0 Å². The summed E-state index contributed by atoms with van der Waals surface area (Å²) in [5.74, 6) is 0.544. The second-order valence-electron chi connectivity index (χ2n) is 2.63. The van der Waals surface area contributed by atoms with Crippen molar-refractivity contribution >= 4 is 21.6 Å². The molecule has 0 aliphatic heterocycles. The molecule has 2 heterocycles. The van der Waals surface area contributed by atoms with Crippen molar-refractivity contribution in [1.82, 2.24) is 9.97 Å². The average Bonchev–Trinajstić information content (AvgIpc) is 2.53. The molecule has 0 atom stereocenters. The highest BCUT2D eigenvalue weighted by molar-refractivity contribution is 7.16. The quantitative estimate of drug-likeness (QED) is 0.735. The maximum atomic E-state index is 11.4. The van der Waals surface area contributed by atoms with Crippen LogP contribution in [-0.2, 0) is 6.42 Å². The largest absolute Gasteiger partial charge is 0.396 e. The van der Waals surface area contributed by atoms with Crippen molar-refractivity contribution in [3.63, 3.8) is 0 Å². The summed E-state index contributed by atoms with van der Waals surface area (Å²) in [5.41, 5.74) is -0.130. The normalized spacial score (nSPS) is 10.8. The molecular weight excluding hydrogens is 188 g/mol. The van der Waals surface area contributed by atoms with Gasteiger partial charge in [0.1, 0.15) is 10.7 Å². The van der Waals surface area contributed by atoms with Gasteiger partial charge in [-0.25, -0.2) is 4.98 Å². The van der Waals surface area contributed by atoms with Gasteiger partial charge in [0.05, 0.1) is 12.0 Å². The van der Waals surface area contributed by atoms with Crippen LogP contribution < -0.4 is 5.56 Å². The van der Waals surface area contributed by atoms with Gasteiger partial charge in [-0.05, 0) is 11.4 Å². The molecule has 2 aromatic rings. The molecule has 2 N–H and O–H groups in total. The fourth-order valence-corrected chi connectivity index (χ4v) is 1.92. The third kappa shape index (κ3) is 1.48. The van der Waals surface area contributed by atoms with Gasteiger partial charge in [-0.1, -0.05) is 0 Å². The Morgan fingerprint density at radius 3 is 3.23 bits per heavy atom. The zero-order valence-electron chi connectivity index (χ0n) is 6.78. The van der Waals surface area contributed by atoms with Gasteiger partial charge in [0.2, 0.25) is 0 Å². The Kier molecular flexibility index (Phi) is 2.12. The number of aromatic nitrogens is 2. The van der Waals surface area contributed by atoms with E-state index < -0.39 is 0 Å². The molecule has 0 bridgehead atoms. The number of rotatable bonds is 2. The van der Waals surface area contributed by atoms with Crippen molar-refractivity contribution < 1.29 is 5.11 Å². The predicted octanol–water partition coefficient (Wildman–Crippen LogP) is 0.519. The number of nitrogens with zero attached hydrogens (tertiary/aromatic N) is 1. The molecule has 0 saturated carbocycles. The van der Waals surface area contributed by atoms with Crippen molar-refractivity contribution in [1.29, 1.82) is 0 Å². The standard InChI is InChI=1S/C8H8N2O2S/c11-3-1-6-9-7(12)5-2-4-13-8(5)10-6/h2,4,11H,1,3H2,(H,9,10,12). The fourth-order valence-electron chi connectivity index (χ4n) is 1.13. The number of nitrogens with one attached hydrogen (secondary N) is 1. The smallest absolute Gasteiger partial charge is 0.259 e. The first-order valence-electron chi connectivity index (χ1n) is 3.88. The molecule has 68 valence electrons. The van der Waals surface area contributed by atoms with Crippen molar-refractivity contribution in [3.05, 3.63) is 27.6 Å². The maximum absolute atomic E-state index is 11.4. The summed E-state index contributed by atoms with van der Waals surface area (Å²) in [7, 11) is 0. The zero-order valence-corrected chi connectivity index (χ0v) is 7.60. The molecule has 0 amide bonds. The van der Waals surface area contributed by atoms with Gasteiger partial charge in [0.25, 0.3) is 5.56 Å². The summed E-state index contributed by atoms with van der Waals surface area (Å²) in [4.78, 5) is 18.9. The minimum Gasteiger partial charge on any atom is -0.396 e. The third-order valence-corrected chi connectivity index (χ3v) is 2.54. The molecule has 0 aliphatic carbocycles. The highest BCUT2D eigenvalue weighted by Crippen LogP contribution is 2.13. The van der Waals surface area contributed by atoms with Crippen LogP contribution in [0, 0.1) is 0 Å². The minimum atomic E-state index is -0.130. The van der Waals surface area contributed by atoms with E-state index in [0.29, 0.717) is 17.6 Å². The molecule has 0 radical (unpaired) electrons. The van der Waals surface area contributed by atoms with Crippen LogP contribution in [0.4, 0.5) is 0 Å². The van der Waals surface area contributed by atoms with Crippen LogP contribution in [0.25, 0.3) is 10.2 Å². The van der Waals surface area contributed by atoms with Crippen LogP contribution >= 0.6 is 11.3 Å². The Bertz CT molecular complexity index is 474. The Hall–Kier alpha value is -1.20. The number of thiophene rings is 1. The Labute approximate surface area is 77.9 Å². The predicted molar refractivity (Wildman–Crippen MR) is 51.0 cm³/mol. The number of hydrogen-bond acceptors (Lipinski definition) is 4. The lowest BCUT2D eigenvalue weighted by Gasteiger charge is -1.96. The number of H-pyrrole nitrogens is 1.